The topological polar surface area (TPSA) is 81.1 Å². The van der Waals surface area contributed by atoms with E-state index in [0.717, 1.165) is 24.5 Å². The zero-order chi connectivity index (χ0) is 11.8. The molecule has 0 saturated carbocycles. The van der Waals surface area contributed by atoms with E-state index in [4.69, 9.17) is 10.8 Å². The van der Waals surface area contributed by atoms with Gasteiger partial charge >= 0.3 is 5.97 Å². The van der Waals surface area contributed by atoms with Gasteiger partial charge in [0.2, 0.25) is 0 Å². The molecule has 1 rings (SSSR count). The summed E-state index contributed by atoms with van der Waals surface area (Å²) in [6.45, 7) is 0.956. The summed E-state index contributed by atoms with van der Waals surface area (Å²) in [7, 11) is 0. The first-order valence-electron chi connectivity index (χ1n) is 5.22. The van der Waals surface area contributed by atoms with E-state index >= 15 is 0 Å². The number of aromatic nitrogens is 2. The number of carbonyl (C=O) groups is 1. The Hall–Kier alpha value is -1.01. The maximum Gasteiger partial charge on any atom is 0.320 e. The summed E-state index contributed by atoms with van der Waals surface area (Å²) in [5.41, 5.74) is 5.38. The Labute approximate surface area is 99.0 Å². The standard InChI is InChI=1S/C10H17N3O2S/c11-9(10(14)15)2-7-16-6-1-4-13-5-3-12-8-13/h3,5,8-9H,1-2,4,6-7,11H2,(H,14,15). The number of aryl methyl sites for hydroxylation is 1. The van der Waals surface area contributed by atoms with E-state index in [1.54, 1.807) is 24.3 Å². The molecule has 1 aromatic heterocycles. The molecule has 6 heteroatoms. The molecule has 1 aromatic rings. The van der Waals surface area contributed by atoms with Crippen molar-refractivity contribution >= 4 is 17.7 Å². The Balaban J connectivity index is 1.94. The predicted octanol–water partition coefficient (Wildman–Crippen LogP) is 0.808. The third kappa shape index (κ3) is 5.18. The normalized spacial score (nSPS) is 12.6. The van der Waals surface area contributed by atoms with E-state index in [0.29, 0.717) is 6.42 Å². The van der Waals surface area contributed by atoms with E-state index in [2.05, 4.69) is 4.98 Å². The van der Waals surface area contributed by atoms with Crippen LogP contribution in [0.4, 0.5) is 0 Å². The van der Waals surface area contributed by atoms with Gasteiger partial charge in [-0.3, -0.25) is 4.79 Å². The number of aliphatic carboxylic acids is 1. The summed E-state index contributed by atoms with van der Waals surface area (Å²) >= 11 is 1.74. The molecule has 5 nitrogen and oxygen atoms in total. The van der Waals surface area contributed by atoms with Gasteiger partial charge in [-0.05, 0) is 24.3 Å². The minimum atomic E-state index is -0.918. The molecule has 0 aliphatic heterocycles. The van der Waals surface area contributed by atoms with Crippen molar-refractivity contribution in [3.05, 3.63) is 18.7 Å². The van der Waals surface area contributed by atoms with Gasteiger partial charge in [0.1, 0.15) is 6.04 Å². The fourth-order valence-corrected chi connectivity index (χ4v) is 2.16. The quantitative estimate of drug-likeness (QED) is 0.660. The highest BCUT2D eigenvalue weighted by molar-refractivity contribution is 7.99. The number of hydrogen-bond donors (Lipinski definition) is 2. The van der Waals surface area contributed by atoms with E-state index in [1.807, 2.05) is 10.8 Å². The van der Waals surface area contributed by atoms with Gasteiger partial charge in [0.25, 0.3) is 0 Å². The lowest BCUT2D eigenvalue weighted by molar-refractivity contribution is -0.138. The van der Waals surface area contributed by atoms with Crippen LogP contribution in [0.25, 0.3) is 0 Å². The van der Waals surface area contributed by atoms with Gasteiger partial charge in [-0.2, -0.15) is 11.8 Å². The fourth-order valence-electron chi connectivity index (χ4n) is 1.20. The van der Waals surface area contributed by atoms with E-state index in [-0.39, 0.29) is 0 Å². The van der Waals surface area contributed by atoms with Crippen molar-refractivity contribution in [3.63, 3.8) is 0 Å². The average molecular weight is 243 g/mol. The lowest BCUT2D eigenvalue weighted by atomic mass is 10.2. The molecule has 1 heterocycles. The lowest BCUT2D eigenvalue weighted by Gasteiger charge is -2.06. The van der Waals surface area contributed by atoms with Crippen LogP contribution in [-0.4, -0.2) is 38.2 Å². The van der Waals surface area contributed by atoms with Crippen LogP contribution in [0.5, 0.6) is 0 Å². The lowest BCUT2D eigenvalue weighted by Crippen LogP contribution is -2.30. The van der Waals surface area contributed by atoms with Gasteiger partial charge in [0.15, 0.2) is 0 Å². The smallest absolute Gasteiger partial charge is 0.320 e. The van der Waals surface area contributed by atoms with E-state index in [9.17, 15) is 4.79 Å². The molecule has 90 valence electrons. The van der Waals surface area contributed by atoms with Gasteiger partial charge in [-0.15, -0.1) is 0 Å². The van der Waals surface area contributed by atoms with Crippen LogP contribution in [0.15, 0.2) is 18.7 Å². The zero-order valence-electron chi connectivity index (χ0n) is 9.08. The molecule has 0 fully saturated rings. The van der Waals surface area contributed by atoms with Crippen molar-refractivity contribution in [2.45, 2.75) is 25.4 Å². The molecule has 0 spiro atoms. The van der Waals surface area contributed by atoms with E-state index in [1.165, 1.54) is 0 Å². The molecule has 0 bridgehead atoms. The van der Waals surface area contributed by atoms with Crippen LogP contribution in [-0.2, 0) is 11.3 Å². The van der Waals surface area contributed by atoms with Gasteiger partial charge in [-0.25, -0.2) is 4.98 Å². The summed E-state index contributed by atoms with van der Waals surface area (Å²) in [5, 5.41) is 8.57. The van der Waals surface area contributed by atoms with Crippen molar-refractivity contribution < 1.29 is 9.90 Å². The van der Waals surface area contributed by atoms with Crippen molar-refractivity contribution in [1.29, 1.82) is 0 Å². The molecule has 0 saturated heterocycles. The van der Waals surface area contributed by atoms with Crippen molar-refractivity contribution in [1.82, 2.24) is 9.55 Å². The molecule has 3 N–H and O–H groups in total. The second-order valence-corrected chi connectivity index (χ2v) is 4.72. The van der Waals surface area contributed by atoms with Crippen molar-refractivity contribution in [2.24, 2.45) is 5.73 Å². The highest BCUT2D eigenvalue weighted by atomic mass is 32.2. The van der Waals surface area contributed by atoms with Crippen LogP contribution < -0.4 is 5.73 Å². The molecule has 1 unspecified atom stereocenters. The minimum Gasteiger partial charge on any atom is -0.480 e. The van der Waals surface area contributed by atoms with Crippen LogP contribution in [0.2, 0.25) is 0 Å². The SMILES string of the molecule is NC(CCSCCCn1ccnc1)C(=O)O. The van der Waals surface area contributed by atoms with Crippen LogP contribution >= 0.6 is 11.8 Å². The van der Waals surface area contributed by atoms with Gasteiger partial charge in [0.05, 0.1) is 6.33 Å². The third-order valence-electron chi connectivity index (χ3n) is 2.15. The molecule has 0 radical (unpaired) electrons. The van der Waals surface area contributed by atoms with Crippen LogP contribution in [0, 0.1) is 0 Å². The Kier molecular flexibility index (Phi) is 5.95. The average Bonchev–Trinajstić information content (AvgIpc) is 2.75. The summed E-state index contributed by atoms with van der Waals surface area (Å²) < 4.78 is 2.03. The van der Waals surface area contributed by atoms with Gasteiger partial charge in [0, 0.05) is 18.9 Å². The second-order valence-electron chi connectivity index (χ2n) is 3.50. The molecule has 0 amide bonds. The van der Waals surface area contributed by atoms with Crippen LogP contribution in [0.3, 0.4) is 0 Å². The number of imidazole rings is 1. The Bertz CT molecular complexity index is 303. The summed E-state index contributed by atoms with van der Waals surface area (Å²) in [6.07, 6.45) is 7.09. The first kappa shape index (κ1) is 13.1. The first-order chi connectivity index (χ1) is 7.70. The summed E-state index contributed by atoms with van der Waals surface area (Å²) in [5.74, 6) is 0.904. The Morgan fingerprint density at radius 1 is 1.56 bits per heavy atom. The molecule has 16 heavy (non-hydrogen) atoms. The Morgan fingerprint density at radius 2 is 2.38 bits per heavy atom. The van der Waals surface area contributed by atoms with E-state index < -0.39 is 12.0 Å². The predicted molar refractivity (Wildman–Crippen MR) is 64.4 cm³/mol. The van der Waals surface area contributed by atoms with Gasteiger partial charge < -0.3 is 15.4 Å². The summed E-state index contributed by atoms with van der Waals surface area (Å²) in [6, 6.07) is -0.721. The monoisotopic (exact) mass is 243 g/mol. The number of hydrogen-bond acceptors (Lipinski definition) is 4. The molecule has 1 atom stereocenters. The second kappa shape index (κ2) is 7.29. The third-order valence-corrected chi connectivity index (χ3v) is 3.26. The highest BCUT2D eigenvalue weighted by Gasteiger charge is 2.09. The molecule has 0 aliphatic carbocycles. The van der Waals surface area contributed by atoms with Crippen LogP contribution in [0.1, 0.15) is 12.8 Å². The zero-order valence-corrected chi connectivity index (χ0v) is 9.90. The number of nitrogens with two attached hydrogens (primary N) is 1. The number of nitrogens with zero attached hydrogens (tertiary/aromatic N) is 2. The number of thioether (sulfide) groups is 1. The molecule has 0 aliphatic rings. The highest BCUT2D eigenvalue weighted by Crippen LogP contribution is 2.07. The summed E-state index contributed by atoms with van der Waals surface area (Å²) in [4.78, 5) is 14.4. The maximum atomic E-state index is 10.4. The molecule has 0 aromatic carbocycles. The number of carboxylic acid groups (broad SMARTS) is 1. The fraction of sp³-hybridized carbons (Fsp3) is 0.600. The maximum absolute atomic E-state index is 10.4. The largest absolute Gasteiger partial charge is 0.480 e. The molecular weight excluding hydrogens is 226 g/mol. The molecular formula is C10H17N3O2S. The van der Waals surface area contributed by atoms with Gasteiger partial charge in [-0.1, -0.05) is 0 Å². The first-order valence-corrected chi connectivity index (χ1v) is 6.37. The van der Waals surface area contributed by atoms with Crippen molar-refractivity contribution in [2.75, 3.05) is 11.5 Å². The number of rotatable bonds is 8. The van der Waals surface area contributed by atoms with Crippen molar-refractivity contribution in [3.8, 4) is 0 Å². The Morgan fingerprint density at radius 3 is 3.00 bits per heavy atom. The minimum absolute atomic E-state index is 0.533. The number of carboxylic acids is 1.